The Labute approximate surface area is 117 Å². The van der Waals surface area contributed by atoms with Crippen molar-refractivity contribution in [3.05, 3.63) is 16.1 Å². The average Bonchev–Trinajstić information content (AvgIpc) is 2.98. The number of guanidine groups is 1. The van der Waals surface area contributed by atoms with Gasteiger partial charge < -0.3 is 10.6 Å². The summed E-state index contributed by atoms with van der Waals surface area (Å²) in [5.41, 5.74) is 6.92. The van der Waals surface area contributed by atoms with E-state index in [1.165, 1.54) is 12.8 Å². The van der Waals surface area contributed by atoms with Crippen molar-refractivity contribution >= 4 is 41.3 Å². The maximum Gasteiger partial charge on any atom is 0.191 e. The van der Waals surface area contributed by atoms with Crippen molar-refractivity contribution in [3.8, 4) is 0 Å². The fourth-order valence-electron chi connectivity index (χ4n) is 1.38. The van der Waals surface area contributed by atoms with Crippen LogP contribution in [0.1, 0.15) is 23.5 Å². The number of aryl methyl sites for hydroxylation is 1. The van der Waals surface area contributed by atoms with Crippen LogP contribution < -0.4 is 5.73 Å². The molecule has 0 aromatic carbocycles. The molecule has 0 atom stereocenters. The molecule has 0 unspecified atom stereocenters. The molecular weight excluding hydrogens is 335 g/mol. The first-order chi connectivity index (χ1) is 7.16. The summed E-state index contributed by atoms with van der Waals surface area (Å²) in [5.74, 6) is 0.630. The van der Waals surface area contributed by atoms with E-state index in [9.17, 15) is 0 Å². The highest BCUT2D eigenvalue weighted by Gasteiger charge is 2.27. The fraction of sp³-hybridized carbons (Fsp3) is 0.600. The van der Waals surface area contributed by atoms with Crippen LogP contribution in [-0.2, 0) is 6.54 Å². The number of hydrogen-bond donors (Lipinski definition) is 1. The topological polar surface area (TPSA) is 54.5 Å². The molecule has 2 rings (SSSR count). The van der Waals surface area contributed by atoms with Gasteiger partial charge in [0.1, 0.15) is 5.01 Å². The molecule has 1 aromatic rings. The third-order valence-corrected chi connectivity index (χ3v) is 3.45. The Hall–Kier alpha value is -0.370. The van der Waals surface area contributed by atoms with Gasteiger partial charge in [-0.05, 0) is 19.8 Å². The highest BCUT2D eigenvalue weighted by atomic mass is 127. The Morgan fingerprint density at radius 2 is 2.38 bits per heavy atom. The molecule has 0 spiro atoms. The molecule has 0 saturated heterocycles. The van der Waals surface area contributed by atoms with E-state index >= 15 is 0 Å². The van der Waals surface area contributed by atoms with E-state index in [0.717, 1.165) is 10.7 Å². The van der Waals surface area contributed by atoms with Crippen LogP contribution in [0.4, 0.5) is 0 Å². The molecule has 1 fully saturated rings. The number of hydrogen-bond acceptors (Lipinski definition) is 3. The zero-order chi connectivity index (χ0) is 10.8. The molecule has 0 bridgehead atoms. The molecule has 4 nitrogen and oxygen atoms in total. The van der Waals surface area contributed by atoms with Crippen LogP contribution in [-0.4, -0.2) is 28.9 Å². The third-order valence-electron chi connectivity index (χ3n) is 2.50. The lowest BCUT2D eigenvalue weighted by Crippen LogP contribution is -2.35. The van der Waals surface area contributed by atoms with E-state index in [0.29, 0.717) is 18.5 Å². The summed E-state index contributed by atoms with van der Waals surface area (Å²) in [5, 5.41) is 3.06. The minimum absolute atomic E-state index is 0. The van der Waals surface area contributed by atoms with Gasteiger partial charge in [-0.3, -0.25) is 0 Å². The quantitative estimate of drug-likeness (QED) is 0.514. The normalized spacial score (nSPS) is 15.8. The Morgan fingerprint density at radius 1 is 1.69 bits per heavy atom. The fourth-order valence-corrected chi connectivity index (χ4v) is 2.08. The minimum atomic E-state index is 0. The van der Waals surface area contributed by atoms with Crippen LogP contribution in [0.2, 0.25) is 0 Å². The zero-order valence-electron chi connectivity index (χ0n) is 9.51. The monoisotopic (exact) mass is 352 g/mol. The average molecular weight is 352 g/mol. The van der Waals surface area contributed by atoms with Crippen molar-refractivity contribution in [3.63, 3.8) is 0 Å². The highest BCUT2D eigenvalue weighted by molar-refractivity contribution is 14.0. The number of aliphatic imine (C=N–C) groups is 1. The zero-order valence-corrected chi connectivity index (χ0v) is 12.7. The standard InChI is InChI=1S/C10H16N4S.HI/c1-7-6-15-9(13-7)5-12-10(11)14(2)8-3-4-8;/h6,8H,3-5H2,1-2H3,(H2,11,12);1H. The number of halogens is 1. The van der Waals surface area contributed by atoms with Crippen molar-refractivity contribution in [2.24, 2.45) is 10.7 Å². The lowest BCUT2D eigenvalue weighted by molar-refractivity contribution is 0.487. The molecule has 1 saturated carbocycles. The summed E-state index contributed by atoms with van der Waals surface area (Å²) in [6, 6.07) is 0.617. The molecule has 1 aliphatic carbocycles. The molecular formula is C10H17IN4S. The number of aromatic nitrogens is 1. The molecule has 90 valence electrons. The summed E-state index contributed by atoms with van der Waals surface area (Å²) < 4.78 is 0. The van der Waals surface area contributed by atoms with Crippen molar-refractivity contribution in [1.29, 1.82) is 0 Å². The summed E-state index contributed by atoms with van der Waals surface area (Å²) in [6.45, 7) is 2.59. The van der Waals surface area contributed by atoms with E-state index in [-0.39, 0.29) is 24.0 Å². The molecule has 2 N–H and O–H groups in total. The number of rotatable bonds is 3. The first-order valence-corrected chi connectivity index (χ1v) is 5.98. The van der Waals surface area contributed by atoms with Gasteiger partial charge in [0.25, 0.3) is 0 Å². The SMILES string of the molecule is Cc1csc(CN=C(N)N(C)C2CC2)n1.I. The van der Waals surface area contributed by atoms with Gasteiger partial charge in [-0.1, -0.05) is 0 Å². The van der Waals surface area contributed by atoms with Gasteiger partial charge in [0.2, 0.25) is 0 Å². The first-order valence-electron chi connectivity index (χ1n) is 5.10. The Morgan fingerprint density at radius 3 is 2.88 bits per heavy atom. The van der Waals surface area contributed by atoms with E-state index in [2.05, 4.69) is 14.9 Å². The van der Waals surface area contributed by atoms with Crippen LogP contribution in [0.5, 0.6) is 0 Å². The van der Waals surface area contributed by atoms with Crippen LogP contribution in [0.3, 0.4) is 0 Å². The van der Waals surface area contributed by atoms with Crippen molar-refractivity contribution in [1.82, 2.24) is 9.88 Å². The Kier molecular flexibility index (Phi) is 4.97. The summed E-state index contributed by atoms with van der Waals surface area (Å²) >= 11 is 1.63. The minimum Gasteiger partial charge on any atom is -0.370 e. The number of nitrogens with two attached hydrogens (primary N) is 1. The van der Waals surface area contributed by atoms with Gasteiger partial charge in [-0.2, -0.15) is 0 Å². The molecule has 0 amide bonds. The molecule has 1 aromatic heterocycles. The van der Waals surface area contributed by atoms with Crippen LogP contribution in [0, 0.1) is 6.92 Å². The maximum atomic E-state index is 5.87. The molecule has 1 aliphatic rings. The summed E-state index contributed by atoms with van der Waals surface area (Å²) in [6.07, 6.45) is 2.48. The third kappa shape index (κ3) is 3.58. The van der Waals surface area contributed by atoms with Gasteiger partial charge >= 0.3 is 0 Å². The summed E-state index contributed by atoms with van der Waals surface area (Å²) in [7, 11) is 2.00. The van der Waals surface area contributed by atoms with Crippen molar-refractivity contribution in [2.75, 3.05) is 7.05 Å². The van der Waals surface area contributed by atoms with Gasteiger partial charge in [-0.15, -0.1) is 35.3 Å². The highest BCUT2D eigenvalue weighted by Crippen LogP contribution is 2.24. The number of nitrogens with zero attached hydrogens (tertiary/aromatic N) is 3. The molecule has 16 heavy (non-hydrogen) atoms. The second-order valence-electron chi connectivity index (χ2n) is 3.90. The van der Waals surface area contributed by atoms with Crippen LogP contribution >= 0.6 is 35.3 Å². The van der Waals surface area contributed by atoms with Crippen LogP contribution in [0.15, 0.2) is 10.4 Å². The predicted octanol–water partition coefficient (Wildman–Crippen LogP) is 1.98. The number of thiazole rings is 1. The van der Waals surface area contributed by atoms with Crippen LogP contribution in [0.25, 0.3) is 0 Å². The van der Waals surface area contributed by atoms with Gasteiger partial charge in [0.05, 0.1) is 6.54 Å². The van der Waals surface area contributed by atoms with E-state index < -0.39 is 0 Å². The second kappa shape index (κ2) is 5.81. The van der Waals surface area contributed by atoms with Gasteiger partial charge in [0, 0.05) is 24.2 Å². The van der Waals surface area contributed by atoms with E-state index in [1.54, 1.807) is 11.3 Å². The first kappa shape index (κ1) is 13.7. The largest absolute Gasteiger partial charge is 0.370 e. The predicted molar refractivity (Wildman–Crippen MR) is 78.4 cm³/mol. The Balaban J connectivity index is 0.00000128. The lowest BCUT2D eigenvalue weighted by atomic mass is 10.5. The van der Waals surface area contributed by atoms with Crippen molar-refractivity contribution in [2.45, 2.75) is 32.4 Å². The molecule has 6 heteroatoms. The Bertz CT molecular complexity index is 373. The maximum absolute atomic E-state index is 5.87. The van der Waals surface area contributed by atoms with E-state index in [1.807, 2.05) is 19.4 Å². The van der Waals surface area contributed by atoms with Gasteiger partial charge in [0.15, 0.2) is 5.96 Å². The van der Waals surface area contributed by atoms with Crippen molar-refractivity contribution < 1.29 is 0 Å². The van der Waals surface area contributed by atoms with Gasteiger partial charge in [-0.25, -0.2) is 9.98 Å². The molecule has 0 radical (unpaired) electrons. The molecule has 0 aliphatic heterocycles. The lowest BCUT2D eigenvalue weighted by Gasteiger charge is -2.16. The summed E-state index contributed by atoms with van der Waals surface area (Å²) in [4.78, 5) is 10.7. The van der Waals surface area contributed by atoms with E-state index in [4.69, 9.17) is 5.73 Å². The second-order valence-corrected chi connectivity index (χ2v) is 4.84. The smallest absolute Gasteiger partial charge is 0.191 e. The molecule has 1 heterocycles.